The maximum atomic E-state index is 13.5. The molecular weight excluding hydrogens is 835 g/mol. The van der Waals surface area contributed by atoms with E-state index in [1.54, 1.807) is 72.7 Å². The molecule has 0 bridgehead atoms. The van der Waals surface area contributed by atoms with Crippen molar-refractivity contribution in [3.8, 4) is 23.0 Å². The first-order valence-electron chi connectivity index (χ1n) is 19.9. The third kappa shape index (κ3) is 11.6. The summed E-state index contributed by atoms with van der Waals surface area (Å²) >= 11 is 0. The fourth-order valence-corrected chi connectivity index (χ4v) is 8.80. The highest BCUT2D eigenvalue weighted by Gasteiger charge is 2.24. The molecule has 0 saturated carbocycles. The Morgan fingerprint density at radius 2 is 1.55 bits per heavy atom. The average Bonchev–Trinajstić information content (AvgIpc) is 3.21. The van der Waals surface area contributed by atoms with E-state index in [0.29, 0.717) is 78.0 Å². The Kier molecular flexibility index (Phi) is 13.8. The number of hydrogen-bond donors (Lipinski definition) is 4. The molecule has 0 atom stereocenters. The molecule has 16 nitrogen and oxygen atoms in total. The summed E-state index contributed by atoms with van der Waals surface area (Å²) in [5, 5.41) is 10.4. The first-order chi connectivity index (χ1) is 29.3. The fourth-order valence-electron chi connectivity index (χ4n) is 6.97. The number of sulfonamides is 1. The zero-order chi connectivity index (χ0) is 44.8. The maximum absolute atomic E-state index is 13.5. The Hall–Kier alpha value is -6.11. The van der Waals surface area contributed by atoms with Crippen LogP contribution < -0.4 is 34.9 Å². The monoisotopic (exact) mass is 887 g/mol. The molecule has 330 valence electrons. The molecule has 1 aliphatic rings. The number of urea groups is 1. The van der Waals surface area contributed by atoms with Crippen molar-refractivity contribution in [3.63, 3.8) is 0 Å². The molecular formula is C44H53N7O9S2. The van der Waals surface area contributed by atoms with Crippen LogP contribution in [0.2, 0.25) is 0 Å². The van der Waals surface area contributed by atoms with Gasteiger partial charge in [-0.15, -0.1) is 0 Å². The van der Waals surface area contributed by atoms with Crippen LogP contribution in [0.4, 0.5) is 33.4 Å². The smallest absolute Gasteiger partial charge is 0.323 e. The van der Waals surface area contributed by atoms with Gasteiger partial charge in [0.05, 0.1) is 54.6 Å². The Morgan fingerprint density at radius 1 is 0.855 bits per heavy atom. The van der Waals surface area contributed by atoms with Gasteiger partial charge in [-0.05, 0) is 66.4 Å². The molecule has 0 unspecified atom stereocenters. The first-order valence-corrected chi connectivity index (χ1v) is 23.6. The number of rotatable bonds is 15. The first kappa shape index (κ1) is 45.4. The summed E-state index contributed by atoms with van der Waals surface area (Å²) in [5.74, 6) is 2.19. The van der Waals surface area contributed by atoms with E-state index >= 15 is 0 Å². The number of carbonyl (C=O) groups is 2. The normalized spacial score (nSPS) is 14.1. The molecule has 1 aliphatic heterocycles. The summed E-state index contributed by atoms with van der Waals surface area (Å²) in [6.07, 6.45) is 3.36. The van der Waals surface area contributed by atoms with Gasteiger partial charge in [-0.3, -0.25) is 9.52 Å². The zero-order valence-corrected chi connectivity index (χ0v) is 37.5. The topological polar surface area (TPSA) is 198 Å². The molecule has 0 radical (unpaired) electrons. The molecule has 1 fully saturated rings. The third-order valence-electron chi connectivity index (χ3n) is 10.3. The largest absolute Gasteiger partial charge is 0.496 e. The van der Waals surface area contributed by atoms with E-state index in [9.17, 15) is 26.4 Å². The minimum Gasteiger partial charge on any atom is -0.496 e. The number of nitrogens with zero attached hydrogens (tertiary/aromatic N) is 3. The van der Waals surface area contributed by atoms with Crippen molar-refractivity contribution in [1.29, 1.82) is 0 Å². The highest BCUT2D eigenvalue weighted by atomic mass is 32.2. The van der Waals surface area contributed by atoms with Crippen molar-refractivity contribution in [1.82, 2.24) is 14.8 Å². The van der Waals surface area contributed by atoms with Crippen LogP contribution in [0.1, 0.15) is 43.1 Å². The van der Waals surface area contributed by atoms with Crippen LogP contribution >= 0.6 is 0 Å². The fraction of sp³-hybridized carbons (Fsp3) is 0.341. The summed E-state index contributed by atoms with van der Waals surface area (Å²) in [6, 6.07) is 22.4. The lowest BCUT2D eigenvalue weighted by atomic mass is 9.86. The number of fused-ring (bicyclic) bond motifs is 1. The third-order valence-corrected chi connectivity index (χ3v) is 12.4. The van der Waals surface area contributed by atoms with Gasteiger partial charge in [0.2, 0.25) is 10.0 Å². The summed E-state index contributed by atoms with van der Waals surface area (Å²) < 4.78 is 67.9. The van der Waals surface area contributed by atoms with Crippen molar-refractivity contribution in [2.75, 3.05) is 85.9 Å². The molecule has 4 aromatic carbocycles. The number of carbonyl (C=O) groups excluding carboxylic acids is 2. The Bertz CT molecular complexity index is 2670. The summed E-state index contributed by atoms with van der Waals surface area (Å²) in [7, 11) is -1.96. The minimum absolute atomic E-state index is 0.160. The van der Waals surface area contributed by atoms with Gasteiger partial charge in [0.25, 0.3) is 5.91 Å². The number of sulfone groups is 1. The van der Waals surface area contributed by atoms with Gasteiger partial charge in [0.1, 0.15) is 23.1 Å². The van der Waals surface area contributed by atoms with Crippen molar-refractivity contribution in [2.45, 2.75) is 32.6 Å². The summed E-state index contributed by atoms with van der Waals surface area (Å²) in [4.78, 5) is 35.1. The minimum atomic E-state index is -3.65. The molecule has 1 saturated heterocycles. The van der Waals surface area contributed by atoms with E-state index in [1.165, 1.54) is 14.2 Å². The van der Waals surface area contributed by atoms with Gasteiger partial charge in [0, 0.05) is 61.5 Å². The highest BCUT2D eigenvalue weighted by Crippen LogP contribution is 2.40. The van der Waals surface area contributed by atoms with Gasteiger partial charge in [-0.25, -0.2) is 26.6 Å². The maximum Gasteiger partial charge on any atom is 0.323 e. The molecule has 5 aromatic rings. The predicted molar refractivity (Wildman–Crippen MR) is 244 cm³/mol. The molecule has 0 aliphatic carbocycles. The van der Waals surface area contributed by atoms with Crippen molar-refractivity contribution in [3.05, 3.63) is 96.2 Å². The van der Waals surface area contributed by atoms with E-state index in [2.05, 4.69) is 30.6 Å². The lowest BCUT2D eigenvalue weighted by Gasteiger charge is -2.27. The van der Waals surface area contributed by atoms with Crippen LogP contribution in [0.25, 0.3) is 10.8 Å². The molecule has 6 rings (SSSR count). The lowest BCUT2D eigenvalue weighted by Crippen LogP contribution is -2.41. The van der Waals surface area contributed by atoms with Crippen molar-refractivity contribution in [2.24, 2.45) is 0 Å². The van der Waals surface area contributed by atoms with Crippen LogP contribution in [-0.4, -0.2) is 109 Å². The molecule has 3 amide bonds. The Labute approximate surface area is 362 Å². The quantitative estimate of drug-likeness (QED) is 0.0820. The van der Waals surface area contributed by atoms with E-state index in [0.717, 1.165) is 17.2 Å². The number of methoxy groups -OCH3 is 2. The molecule has 1 aromatic heterocycles. The van der Waals surface area contributed by atoms with Gasteiger partial charge in [-0.1, -0.05) is 45.0 Å². The predicted octanol–water partition coefficient (Wildman–Crippen LogP) is 7.29. The Morgan fingerprint density at radius 3 is 2.23 bits per heavy atom. The number of aromatic nitrogens is 1. The van der Waals surface area contributed by atoms with Gasteiger partial charge in [0.15, 0.2) is 15.6 Å². The standard InChI is InChI=1S/C44H53N7O9S2/c1-44(2,3)29-25-36(41(59-6)37(26-29)49-61(7,54)55)48-43(53)47-35-15-16-38(33-12-9-8-11-32(33)35)60-31-17-18-45-40(28-31)46-30-13-14-34(39(27-30)58-5)42(52)50(4)19-10-20-51-21-23-62(56,57)24-22-51/h8-9,11-18,25-28,49H,10,19-24H2,1-7H3,(H,45,46)(H2,47,48,53). The number of benzene rings is 4. The second-order valence-corrected chi connectivity index (χ2v) is 20.1. The average molecular weight is 888 g/mol. The van der Waals surface area contributed by atoms with E-state index < -0.39 is 25.9 Å². The van der Waals surface area contributed by atoms with Crippen molar-refractivity contribution >= 4 is 71.1 Å². The Balaban J connectivity index is 1.13. The second kappa shape index (κ2) is 18.9. The second-order valence-electron chi connectivity index (χ2n) is 16.1. The van der Waals surface area contributed by atoms with Gasteiger partial charge in [-0.2, -0.15) is 0 Å². The van der Waals surface area contributed by atoms with Gasteiger partial charge < -0.3 is 40.0 Å². The van der Waals surface area contributed by atoms with E-state index in [1.807, 2.05) is 45.0 Å². The summed E-state index contributed by atoms with van der Waals surface area (Å²) in [5.41, 5.74) is 2.42. The van der Waals surface area contributed by atoms with E-state index in [-0.39, 0.29) is 40.0 Å². The molecule has 2 heterocycles. The number of anilines is 5. The van der Waals surface area contributed by atoms with Crippen molar-refractivity contribution < 1.29 is 40.6 Å². The SMILES string of the molecule is COc1cc(Nc2cc(Oc3ccc(NC(=O)Nc4cc(C(C)(C)C)cc(NS(C)(=O)=O)c4OC)c4ccccc34)ccn2)ccc1C(=O)N(C)CCCN1CCS(=O)(=O)CC1. The molecule has 18 heteroatoms. The number of ether oxygens (including phenoxy) is 3. The number of pyridine rings is 1. The van der Waals surface area contributed by atoms with Gasteiger partial charge >= 0.3 is 6.03 Å². The van der Waals surface area contributed by atoms with Crippen LogP contribution in [-0.2, 0) is 25.3 Å². The lowest BCUT2D eigenvalue weighted by molar-refractivity contribution is 0.0785. The van der Waals surface area contributed by atoms with Crippen LogP contribution in [0.3, 0.4) is 0 Å². The van der Waals surface area contributed by atoms with Crippen LogP contribution in [0, 0.1) is 0 Å². The van der Waals surface area contributed by atoms with E-state index in [4.69, 9.17) is 14.2 Å². The van der Waals surface area contributed by atoms with Crippen LogP contribution in [0.15, 0.2) is 85.1 Å². The number of hydrogen-bond acceptors (Lipinski definition) is 12. The molecule has 4 N–H and O–H groups in total. The molecule has 0 spiro atoms. The number of nitrogens with one attached hydrogen (secondary N) is 4. The zero-order valence-electron chi connectivity index (χ0n) is 35.9. The summed E-state index contributed by atoms with van der Waals surface area (Å²) in [6.45, 7) is 8.17. The molecule has 62 heavy (non-hydrogen) atoms. The van der Waals surface area contributed by atoms with Crippen LogP contribution in [0.5, 0.6) is 23.0 Å². The highest BCUT2D eigenvalue weighted by molar-refractivity contribution is 7.92. The number of amides is 3.